The quantitative estimate of drug-likeness (QED) is 0.578. The highest BCUT2D eigenvalue weighted by atomic mass is 15.1. The number of hydrogen-bond donors (Lipinski definition) is 2. The minimum absolute atomic E-state index is 0.570. The Morgan fingerprint density at radius 3 is 2.87 bits per heavy atom. The van der Waals surface area contributed by atoms with Crippen LogP contribution >= 0.6 is 0 Å². The van der Waals surface area contributed by atoms with Crippen LogP contribution in [0.2, 0.25) is 0 Å². The molecule has 80 valence electrons. The van der Waals surface area contributed by atoms with Crippen LogP contribution in [0.4, 0.5) is 0 Å². The van der Waals surface area contributed by atoms with E-state index in [9.17, 15) is 0 Å². The van der Waals surface area contributed by atoms with E-state index in [4.69, 9.17) is 5.73 Å². The number of nitrogens with zero attached hydrogens (tertiary/aromatic N) is 1. The highest BCUT2D eigenvalue weighted by molar-refractivity contribution is 5.78. The van der Waals surface area contributed by atoms with Crippen LogP contribution in [0.1, 0.15) is 24.0 Å². The molecular weight excluding hydrogens is 186 g/mol. The van der Waals surface area contributed by atoms with Crippen LogP contribution in [0, 0.1) is 6.92 Å². The van der Waals surface area contributed by atoms with E-state index in [1.54, 1.807) is 0 Å². The third kappa shape index (κ3) is 2.98. The second-order valence-corrected chi connectivity index (χ2v) is 4.05. The summed E-state index contributed by atoms with van der Waals surface area (Å²) in [7, 11) is 0. The van der Waals surface area contributed by atoms with Crippen LogP contribution in [0.25, 0.3) is 0 Å². The molecule has 0 heterocycles. The summed E-state index contributed by atoms with van der Waals surface area (Å²) < 4.78 is 0. The molecule has 2 rings (SSSR count). The average molecular weight is 203 g/mol. The molecule has 0 aromatic heterocycles. The van der Waals surface area contributed by atoms with Crippen molar-refractivity contribution < 1.29 is 0 Å². The molecule has 1 saturated carbocycles. The first kappa shape index (κ1) is 10.0. The molecule has 1 aliphatic carbocycles. The number of rotatable bonds is 3. The zero-order valence-electron chi connectivity index (χ0n) is 9.03. The maximum atomic E-state index is 5.75. The molecule has 1 aromatic carbocycles. The summed E-state index contributed by atoms with van der Waals surface area (Å²) in [6, 6.07) is 8.82. The molecule has 0 radical (unpaired) electrons. The van der Waals surface area contributed by atoms with E-state index in [1.165, 1.54) is 24.0 Å². The molecule has 3 heteroatoms. The smallest absolute Gasteiger partial charge is 0.189 e. The highest BCUT2D eigenvalue weighted by Crippen LogP contribution is 2.18. The van der Waals surface area contributed by atoms with Gasteiger partial charge in [0, 0.05) is 6.04 Å². The maximum absolute atomic E-state index is 5.75. The van der Waals surface area contributed by atoms with E-state index >= 15 is 0 Å². The van der Waals surface area contributed by atoms with Gasteiger partial charge in [0.05, 0.1) is 6.54 Å². The summed E-state index contributed by atoms with van der Waals surface area (Å²) in [5.41, 5.74) is 8.25. The number of aliphatic imine (C=N–C) groups is 1. The van der Waals surface area contributed by atoms with Crippen molar-refractivity contribution in [2.24, 2.45) is 10.7 Å². The third-order valence-electron chi connectivity index (χ3n) is 2.61. The predicted molar refractivity (Wildman–Crippen MR) is 62.7 cm³/mol. The number of nitrogens with two attached hydrogens (primary N) is 1. The molecule has 15 heavy (non-hydrogen) atoms. The molecule has 0 unspecified atom stereocenters. The number of hydrogen-bond acceptors (Lipinski definition) is 1. The van der Waals surface area contributed by atoms with E-state index in [-0.39, 0.29) is 0 Å². The lowest BCUT2D eigenvalue weighted by Gasteiger charge is -2.04. The van der Waals surface area contributed by atoms with Crippen LogP contribution in [-0.4, -0.2) is 12.0 Å². The normalized spacial score (nSPS) is 16.5. The summed E-state index contributed by atoms with van der Waals surface area (Å²) >= 11 is 0. The van der Waals surface area contributed by atoms with Crippen LogP contribution in [0.3, 0.4) is 0 Å². The van der Waals surface area contributed by atoms with Gasteiger partial charge in [0.1, 0.15) is 0 Å². The molecule has 0 atom stereocenters. The maximum Gasteiger partial charge on any atom is 0.189 e. The fourth-order valence-electron chi connectivity index (χ4n) is 1.44. The standard InChI is InChI=1S/C12H17N3/c1-9-4-2-3-5-10(9)8-14-12(13)15-11-6-7-11/h2-5,11H,6-8H2,1H3,(H3,13,14,15). The van der Waals surface area contributed by atoms with Gasteiger partial charge in [0.25, 0.3) is 0 Å². The second-order valence-electron chi connectivity index (χ2n) is 4.05. The Kier molecular flexibility index (Phi) is 2.90. The molecular formula is C12H17N3. The van der Waals surface area contributed by atoms with Crippen LogP contribution in [0.5, 0.6) is 0 Å². The summed E-state index contributed by atoms with van der Waals surface area (Å²) in [6.07, 6.45) is 2.45. The van der Waals surface area contributed by atoms with Crippen LogP contribution in [0.15, 0.2) is 29.3 Å². The third-order valence-corrected chi connectivity index (χ3v) is 2.61. The molecule has 0 saturated heterocycles. The van der Waals surface area contributed by atoms with E-state index in [1.807, 2.05) is 12.1 Å². The topological polar surface area (TPSA) is 50.4 Å². The van der Waals surface area contributed by atoms with E-state index < -0.39 is 0 Å². The van der Waals surface area contributed by atoms with Gasteiger partial charge in [-0.25, -0.2) is 4.99 Å². The largest absolute Gasteiger partial charge is 0.370 e. The highest BCUT2D eigenvalue weighted by Gasteiger charge is 2.21. The van der Waals surface area contributed by atoms with Gasteiger partial charge in [-0.3, -0.25) is 0 Å². The molecule has 1 fully saturated rings. The number of guanidine groups is 1. The summed E-state index contributed by atoms with van der Waals surface area (Å²) in [5.74, 6) is 0.570. The van der Waals surface area contributed by atoms with Gasteiger partial charge in [0.15, 0.2) is 5.96 Å². The Morgan fingerprint density at radius 1 is 1.47 bits per heavy atom. The van der Waals surface area contributed by atoms with Gasteiger partial charge in [-0.1, -0.05) is 24.3 Å². The first-order valence-electron chi connectivity index (χ1n) is 5.36. The van der Waals surface area contributed by atoms with Gasteiger partial charge in [-0.05, 0) is 30.9 Å². The molecule has 1 aliphatic rings. The van der Waals surface area contributed by atoms with Crippen molar-refractivity contribution in [2.45, 2.75) is 32.4 Å². The van der Waals surface area contributed by atoms with E-state index in [2.05, 4.69) is 29.4 Å². The Hall–Kier alpha value is -1.51. The Morgan fingerprint density at radius 2 is 2.20 bits per heavy atom. The molecule has 0 spiro atoms. The molecule has 1 aromatic rings. The van der Waals surface area contributed by atoms with Crippen molar-refractivity contribution >= 4 is 5.96 Å². The first-order valence-corrected chi connectivity index (χ1v) is 5.36. The minimum atomic E-state index is 0.570. The Bertz CT molecular complexity index is 367. The predicted octanol–water partition coefficient (Wildman–Crippen LogP) is 1.56. The van der Waals surface area contributed by atoms with Gasteiger partial charge >= 0.3 is 0 Å². The Balaban J connectivity index is 1.93. The second kappa shape index (κ2) is 4.34. The fourth-order valence-corrected chi connectivity index (χ4v) is 1.44. The molecule has 0 bridgehead atoms. The SMILES string of the molecule is Cc1ccccc1CN=C(N)NC1CC1. The van der Waals surface area contributed by atoms with Crippen LogP contribution in [-0.2, 0) is 6.54 Å². The number of aryl methyl sites for hydroxylation is 1. The van der Waals surface area contributed by atoms with E-state index in [0.29, 0.717) is 18.5 Å². The summed E-state index contributed by atoms with van der Waals surface area (Å²) in [4.78, 5) is 4.32. The molecule has 0 amide bonds. The van der Waals surface area contributed by atoms with E-state index in [0.717, 1.165) is 0 Å². The van der Waals surface area contributed by atoms with Crippen LogP contribution < -0.4 is 11.1 Å². The lowest BCUT2D eigenvalue weighted by molar-refractivity contribution is 0.878. The van der Waals surface area contributed by atoms with Gasteiger partial charge in [0.2, 0.25) is 0 Å². The lowest BCUT2D eigenvalue weighted by Crippen LogP contribution is -2.33. The van der Waals surface area contributed by atoms with Crippen molar-refractivity contribution in [2.75, 3.05) is 0 Å². The van der Waals surface area contributed by atoms with Crippen molar-refractivity contribution in [3.8, 4) is 0 Å². The monoisotopic (exact) mass is 203 g/mol. The summed E-state index contributed by atoms with van der Waals surface area (Å²) in [5, 5.41) is 3.17. The van der Waals surface area contributed by atoms with Gasteiger partial charge in [-0.15, -0.1) is 0 Å². The van der Waals surface area contributed by atoms with Crippen molar-refractivity contribution in [1.82, 2.24) is 5.32 Å². The summed E-state index contributed by atoms with van der Waals surface area (Å²) in [6.45, 7) is 2.76. The fraction of sp³-hybridized carbons (Fsp3) is 0.417. The minimum Gasteiger partial charge on any atom is -0.370 e. The average Bonchev–Trinajstić information content (AvgIpc) is 3.00. The first-order chi connectivity index (χ1) is 7.25. The van der Waals surface area contributed by atoms with Gasteiger partial charge < -0.3 is 11.1 Å². The van der Waals surface area contributed by atoms with Crippen molar-refractivity contribution in [3.05, 3.63) is 35.4 Å². The molecule has 3 nitrogen and oxygen atoms in total. The molecule has 3 N–H and O–H groups in total. The molecule has 0 aliphatic heterocycles. The van der Waals surface area contributed by atoms with Gasteiger partial charge in [-0.2, -0.15) is 0 Å². The number of benzene rings is 1. The zero-order valence-corrected chi connectivity index (χ0v) is 9.03. The zero-order chi connectivity index (χ0) is 10.7. The van der Waals surface area contributed by atoms with Crippen molar-refractivity contribution in [3.63, 3.8) is 0 Å². The lowest BCUT2D eigenvalue weighted by atomic mass is 10.1. The van der Waals surface area contributed by atoms with Crippen molar-refractivity contribution in [1.29, 1.82) is 0 Å². The number of nitrogens with one attached hydrogen (secondary N) is 1. The Labute approximate surface area is 90.4 Å².